The van der Waals surface area contributed by atoms with Crippen molar-refractivity contribution in [1.29, 1.82) is 0 Å². The Morgan fingerprint density at radius 3 is 2.37 bits per heavy atom. The zero-order valence-electron chi connectivity index (χ0n) is 15.5. The van der Waals surface area contributed by atoms with Crippen LogP contribution in [0, 0.1) is 11.6 Å². The highest BCUT2D eigenvalue weighted by Crippen LogP contribution is 2.24. The first-order valence-corrected chi connectivity index (χ1v) is 9.15. The first kappa shape index (κ1) is 18.1. The zero-order chi connectivity index (χ0) is 20.7. The van der Waals surface area contributed by atoms with Crippen molar-refractivity contribution in [2.45, 2.75) is 13.1 Å². The Morgan fingerprint density at radius 1 is 0.933 bits per heavy atom. The summed E-state index contributed by atoms with van der Waals surface area (Å²) in [4.78, 5) is 18.6. The SMILES string of the molecule is O=C(c1ccc(F)cc1)N1CCn2c(nnc2-c2nc(-c3ccc(F)cc3)no2)C1. The number of benzene rings is 2. The summed E-state index contributed by atoms with van der Waals surface area (Å²) in [6.07, 6.45) is 0. The summed E-state index contributed by atoms with van der Waals surface area (Å²) in [5, 5.41) is 12.2. The minimum atomic E-state index is -0.394. The summed E-state index contributed by atoms with van der Waals surface area (Å²) >= 11 is 0. The second-order valence-corrected chi connectivity index (χ2v) is 6.76. The Morgan fingerprint density at radius 2 is 1.63 bits per heavy atom. The van der Waals surface area contributed by atoms with Crippen LogP contribution in [0.2, 0.25) is 0 Å². The van der Waals surface area contributed by atoms with E-state index in [9.17, 15) is 13.6 Å². The maximum absolute atomic E-state index is 13.1. The second-order valence-electron chi connectivity index (χ2n) is 6.76. The smallest absolute Gasteiger partial charge is 0.296 e. The summed E-state index contributed by atoms with van der Waals surface area (Å²) in [6, 6.07) is 11.2. The number of halogens is 2. The summed E-state index contributed by atoms with van der Waals surface area (Å²) in [6.45, 7) is 1.12. The fraction of sp³-hybridized carbons (Fsp3) is 0.150. The molecule has 0 unspecified atom stereocenters. The molecule has 0 aliphatic carbocycles. The van der Waals surface area contributed by atoms with Crippen LogP contribution in [0.1, 0.15) is 16.2 Å². The predicted molar refractivity (Wildman–Crippen MR) is 99.8 cm³/mol. The molecular weight excluding hydrogens is 394 g/mol. The van der Waals surface area contributed by atoms with E-state index in [2.05, 4.69) is 20.3 Å². The third-order valence-electron chi connectivity index (χ3n) is 4.85. The molecule has 0 saturated carbocycles. The van der Waals surface area contributed by atoms with E-state index in [0.717, 1.165) is 0 Å². The van der Waals surface area contributed by atoms with E-state index in [-0.39, 0.29) is 24.2 Å². The molecule has 0 bridgehead atoms. The van der Waals surface area contributed by atoms with Crippen molar-refractivity contribution in [3.63, 3.8) is 0 Å². The van der Waals surface area contributed by atoms with Gasteiger partial charge >= 0.3 is 0 Å². The monoisotopic (exact) mass is 408 g/mol. The topological polar surface area (TPSA) is 89.9 Å². The fourth-order valence-electron chi connectivity index (χ4n) is 3.29. The lowest BCUT2D eigenvalue weighted by atomic mass is 10.2. The quantitative estimate of drug-likeness (QED) is 0.518. The minimum absolute atomic E-state index is 0.186. The van der Waals surface area contributed by atoms with Crippen molar-refractivity contribution >= 4 is 5.91 Å². The van der Waals surface area contributed by atoms with Gasteiger partial charge in [-0.05, 0) is 48.5 Å². The third-order valence-corrected chi connectivity index (χ3v) is 4.85. The average molecular weight is 408 g/mol. The van der Waals surface area contributed by atoms with Crippen LogP contribution in [0.3, 0.4) is 0 Å². The third kappa shape index (κ3) is 3.21. The van der Waals surface area contributed by atoms with Crippen LogP contribution in [0.4, 0.5) is 8.78 Å². The number of carbonyl (C=O) groups excluding carboxylic acids is 1. The highest BCUT2D eigenvalue weighted by atomic mass is 19.1. The molecule has 3 heterocycles. The van der Waals surface area contributed by atoms with E-state index in [1.165, 1.54) is 36.4 Å². The van der Waals surface area contributed by atoms with Crippen LogP contribution in [0.5, 0.6) is 0 Å². The number of carbonyl (C=O) groups is 1. The molecule has 2 aromatic heterocycles. The highest BCUT2D eigenvalue weighted by molar-refractivity contribution is 5.94. The molecule has 0 fully saturated rings. The van der Waals surface area contributed by atoms with E-state index in [1.807, 2.05) is 4.57 Å². The maximum atomic E-state index is 13.1. The Kier molecular flexibility index (Phi) is 4.31. The Balaban J connectivity index is 1.37. The number of amides is 1. The summed E-state index contributed by atoms with van der Waals surface area (Å²) < 4.78 is 33.3. The number of aromatic nitrogens is 5. The van der Waals surface area contributed by atoms with Gasteiger partial charge in [0.1, 0.15) is 11.6 Å². The molecule has 10 heteroatoms. The van der Waals surface area contributed by atoms with Crippen molar-refractivity contribution in [3.8, 4) is 23.1 Å². The van der Waals surface area contributed by atoms with Crippen LogP contribution >= 0.6 is 0 Å². The zero-order valence-corrected chi connectivity index (χ0v) is 15.5. The Hall–Kier alpha value is -3.95. The molecule has 150 valence electrons. The van der Waals surface area contributed by atoms with Crippen LogP contribution in [-0.2, 0) is 13.1 Å². The number of hydrogen-bond donors (Lipinski definition) is 0. The standard InChI is InChI=1S/C20H14F2N6O2/c21-14-5-1-12(2-6-14)17-23-19(30-26-17)18-25-24-16-11-27(9-10-28(16)18)20(29)13-3-7-15(22)8-4-13/h1-8H,9-11H2. The van der Waals surface area contributed by atoms with Crippen LogP contribution < -0.4 is 0 Å². The van der Waals surface area contributed by atoms with E-state index >= 15 is 0 Å². The van der Waals surface area contributed by atoms with Crippen molar-refractivity contribution in [2.24, 2.45) is 0 Å². The summed E-state index contributed by atoms with van der Waals surface area (Å²) in [7, 11) is 0. The van der Waals surface area contributed by atoms with Crippen molar-refractivity contribution in [2.75, 3.05) is 6.54 Å². The maximum Gasteiger partial charge on any atom is 0.296 e. The van der Waals surface area contributed by atoms with E-state index in [0.29, 0.717) is 41.7 Å². The normalized spacial score (nSPS) is 13.3. The number of fused-ring (bicyclic) bond motifs is 1. The minimum Gasteiger partial charge on any atom is -0.330 e. The largest absolute Gasteiger partial charge is 0.330 e. The lowest BCUT2D eigenvalue weighted by molar-refractivity contribution is 0.0708. The van der Waals surface area contributed by atoms with Gasteiger partial charge in [0.2, 0.25) is 11.6 Å². The van der Waals surface area contributed by atoms with Gasteiger partial charge in [-0.2, -0.15) is 4.98 Å². The molecule has 0 spiro atoms. The highest BCUT2D eigenvalue weighted by Gasteiger charge is 2.27. The van der Waals surface area contributed by atoms with Gasteiger partial charge in [-0.3, -0.25) is 4.79 Å². The lowest BCUT2D eigenvalue weighted by Crippen LogP contribution is -2.38. The van der Waals surface area contributed by atoms with Gasteiger partial charge in [-0.15, -0.1) is 10.2 Å². The van der Waals surface area contributed by atoms with Crippen molar-refractivity contribution < 1.29 is 18.1 Å². The molecule has 4 aromatic rings. The molecule has 8 nitrogen and oxygen atoms in total. The second kappa shape index (κ2) is 7.14. The molecular formula is C20H14F2N6O2. The van der Waals surface area contributed by atoms with Crippen molar-refractivity contribution in [1.82, 2.24) is 29.8 Å². The van der Waals surface area contributed by atoms with E-state index < -0.39 is 5.82 Å². The first-order valence-electron chi connectivity index (χ1n) is 9.15. The molecule has 0 atom stereocenters. The van der Waals surface area contributed by atoms with Gasteiger partial charge in [-0.25, -0.2) is 8.78 Å². The molecule has 1 aliphatic heterocycles. The first-order chi connectivity index (χ1) is 14.6. The molecule has 1 amide bonds. The van der Waals surface area contributed by atoms with Crippen molar-refractivity contribution in [3.05, 3.63) is 71.6 Å². The molecule has 5 rings (SSSR count). The molecule has 30 heavy (non-hydrogen) atoms. The summed E-state index contributed by atoms with van der Waals surface area (Å²) in [5.74, 6) is 0.524. The van der Waals surface area contributed by atoms with Gasteiger partial charge in [0.15, 0.2) is 5.82 Å². The average Bonchev–Trinajstić information content (AvgIpc) is 3.41. The Labute approximate surface area is 168 Å². The number of hydrogen-bond acceptors (Lipinski definition) is 6. The molecule has 2 aromatic carbocycles. The van der Waals surface area contributed by atoms with Crippen LogP contribution in [0.15, 0.2) is 53.1 Å². The lowest BCUT2D eigenvalue weighted by Gasteiger charge is -2.27. The molecule has 0 saturated heterocycles. The molecule has 0 radical (unpaired) electrons. The van der Waals surface area contributed by atoms with Crippen LogP contribution in [0.25, 0.3) is 23.1 Å². The number of nitrogens with zero attached hydrogens (tertiary/aromatic N) is 6. The number of rotatable bonds is 3. The van der Waals surface area contributed by atoms with Crippen LogP contribution in [-0.4, -0.2) is 42.3 Å². The predicted octanol–water partition coefficient (Wildman–Crippen LogP) is 2.93. The van der Waals surface area contributed by atoms with E-state index in [1.54, 1.807) is 17.0 Å². The van der Waals surface area contributed by atoms with Gasteiger partial charge in [0.05, 0.1) is 6.54 Å². The molecule has 0 N–H and O–H groups in total. The molecule has 1 aliphatic rings. The van der Waals surface area contributed by atoms with E-state index in [4.69, 9.17) is 4.52 Å². The summed E-state index contributed by atoms with van der Waals surface area (Å²) in [5.41, 5.74) is 1.02. The van der Waals surface area contributed by atoms with Gasteiger partial charge in [-0.1, -0.05) is 5.16 Å². The van der Waals surface area contributed by atoms with Gasteiger partial charge in [0, 0.05) is 24.2 Å². The fourth-order valence-corrected chi connectivity index (χ4v) is 3.29. The van der Waals surface area contributed by atoms with Gasteiger partial charge in [0.25, 0.3) is 11.8 Å². The van der Waals surface area contributed by atoms with Gasteiger partial charge < -0.3 is 14.0 Å². The Bertz CT molecular complexity index is 1220.